The maximum absolute atomic E-state index is 12.1. The number of thioether (sulfide) groups is 1. The van der Waals surface area contributed by atoms with Gasteiger partial charge in [0.05, 0.1) is 14.2 Å². The van der Waals surface area contributed by atoms with Gasteiger partial charge in [-0.05, 0) is 37.3 Å². The van der Waals surface area contributed by atoms with Gasteiger partial charge >= 0.3 is 0 Å². The van der Waals surface area contributed by atoms with E-state index in [1.165, 1.54) is 0 Å². The van der Waals surface area contributed by atoms with Gasteiger partial charge in [0.25, 0.3) is 0 Å². The second-order valence-corrected chi connectivity index (χ2v) is 6.13. The van der Waals surface area contributed by atoms with Crippen LogP contribution in [-0.2, 0) is 11.3 Å². The van der Waals surface area contributed by atoms with Crippen LogP contribution in [0.15, 0.2) is 17.0 Å². The highest BCUT2D eigenvalue weighted by atomic mass is 35.5. The largest absolute Gasteiger partial charge is 0.493 e. The third-order valence-electron chi connectivity index (χ3n) is 3.43. The van der Waals surface area contributed by atoms with Crippen LogP contribution in [0, 0.1) is 0 Å². The molecule has 0 bridgehead atoms. The summed E-state index contributed by atoms with van der Waals surface area (Å²) in [6.07, 6.45) is 3.17. The Morgan fingerprint density at radius 3 is 2.35 bits per heavy atom. The minimum atomic E-state index is 0. The number of nitrogens with zero attached hydrogens (tertiary/aromatic N) is 1. The van der Waals surface area contributed by atoms with Gasteiger partial charge in [-0.15, -0.1) is 24.2 Å². The van der Waals surface area contributed by atoms with Gasteiger partial charge in [0.15, 0.2) is 11.5 Å². The van der Waals surface area contributed by atoms with Crippen LogP contribution in [0.3, 0.4) is 0 Å². The quantitative estimate of drug-likeness (QED) is 0.720. The number of rotatable bonds is 8. The first-order valence-electron chi connectivity index (χ1n) is 7.21. The van der Waals surface area contributed by atoms with E-state index >= 15 is 0 Å². The summed E-state index contributed by atoms with van der Waals surface area (Å²) < 4.78 is 10.7. The van der Waals surface area contributed by atoms with Crippen LogP contribution >= 0.6 is 24.2 Å². The van der Waals surface area contributed by atoms with Gasteiger partial charge in [0, 0.05) is 31.0 Å². The standard InChI is InChI=1S/C16H26N2O3S.ClH/c1-11(17)6-7-16(19)18(2)10-12-8-13(20-3)14(21-4)9-15(12)22-5;/h8-9,11H,6-7,10,17H2,1-5H3;1H. The summed E-state index contributed by atoms with van der Waals surface area (Å²) in [4.78, 5) is 14.9. The predicted octanol–water partition coefficient (Wildman–Crippen LogP) is 2.93. The monoisotopic (exact) mass is 362 g/mol. The van der Waals surface area contributed by atoms with Crippen molar-refractivity contribution in [3.8, 4) is 11.5 Å². The lowest BCUT2D eigenvalue weighted by Crippen LogP contribution is -2.28. The third kappa shape index (κ3) is 6.49. The Labute approximate surface area is 149 Å². The molecule has 0 fully saturated rings. The molecule has 1 amide bonds. The van der Waals surface area contributed by atoms with E-state index in [0.717, 1.165) is 10.5 Å². The molecule has 0 radical (unpaired) electrons. The van der Waals surface area contributed by atoms with Crippen molar-refractivity contribution in [2.45, 2.75) is 37.2 Å². The zero-order valence-corrected chi connectivity index (χ0v) is 16.1. The van der Waals surface area contributed by atoms with Gasteiger partial charge in [-0.1, -0.05) is 0 Å². The number of ether oxygens (including phenoxy) is 2. The second-order valence-electron chi connectivity index (χ2n) is 5.28. The molecule has 0 aromatic heterocycles. The van der Waals surface area contributed by atoms with Crippen molar-refractivity contribution >= 4 is 30.1 Å². The zero-order chi connectivity index (χ0) is 16.7. The van der Waals surface area contributed by atoms with E-state index in [9.17, 15) is 4.79 Å². The maximum Gasteiger partial charge on any atom is 0.222 e. The molecule has 0 aliphatic heterocycles. The van der Waals surface area contributed by atoms with Crippen LogP contribution in [0.25, 0.3) is 0 Å². The lowest BCUT2D eigenvalue weighted by molar-refractivity contribution is -0.130. The molecule has 0 aliphatic rings. The molecule has 1 atom stereocenters. The number of amides is 1. The Kier molecular flexibility index (Phi) is 10.1. The molecule has 0 aliphatic carbocycles. The lowest BCUT2D eigenvalue weighted by Gasteiger charge is -2.20. The summed E-state index contributed by atoms with van der Waals surface area (Å²) in [5.74, 6) is 1.47. The number of hydrogen-bond donors (Lipinski definition) is 1. The number of carbonyl (C=O) groups is 1. The van der Waals surface area contributed by atoms with E-state index in [4.69, 9.17) is 15.2 Å². The Hall–Kier alpha value is -1.11. The summed E-state index contributed by atoms with van der Waals surface area (Å²) in [5, 5.41) is 0. The number of halogens is 1. The Balaban J connectivity index is 0.00000484. The van der Waals surface area contributed by atoms with Crippen LogP contribution in [0.2, 0.25) is 0 Å². The number of benzene rings is 1. The SMILES string of the molecule is COc1cc(CN(C)C(=O)CCC(C)N)c(SC)cc1OC.Cl. The molecule has 1 unspecified atom stereocenters. The van der Waals surface area contributed by atoms with Crippen molar-refractivity contribution in [1.82, 2.24) is 4.90 Å². The van der Waals surface area contributed by atoms with E-state index < -0.39 is 0 Å². The Morgan fingerprint density at radius 1 is 1.30 bits per heavy atom. The first kappa shape index (κ1) is 21.9. The van der Waals surface area contributed by atoms with E-state index in [0.29, 0.717) is 30.9 Å². The number of carbonyl (C=O) groups excluding carboxylic acids is 1. The lowest BCUT2D eigenvalue weighted by atomic mass is 10.1. The minimum absolute atomic E-state index is 0. The van der Waals surface area contributed by atoms with Gasteiger partial charge in [0.1, 0.15) is 0 Å². The molecule has 0 spiro atoms. The molecule has 1 rings (SSSR count). The fourth-order valence-corrected chi connectivity index (χ4v) is 2.71. The molecular weight excluding hydrogens is 336 g/mol. The van der Waals surface area contributed by atoms with Crippen molar-refractivity contribution in [3.63, 3.8) is 0 Å². The van der Waals surface area contributed by atoms with Crippen molar-refractivity contribution in [2.24, 2.45) is 5.73 Å². The summed E-state index contributed by atoms with van der Waals surface area (Å²) in [7, 11) is 5.04. The molecule has 132 valence electrons. The molecule has 7 heteroatoms. The number of methoxy groups -OCH3 is 2. The minimum Gasteiger partial charge on any atom is -0.493 e. The van der Waals surface area contributed by atoms with E-state index in [-0.39, 0.29) is 24.4 Å². The van der Waals surface area contributed by atoms with Crippen LogP contribution in [0.1, 0.15) is 25.3 Å². The average molecular weight is 363 g/mol. The average Bonchev–Trinajstić information content (AvgIpc) is 2.51. The molecule has 2 N–H and O–H groups in total. The number of hydrogen-bond acceptors (Lipinski definition) is 5. The zero-order valence-electron chi connectivity index (χ0n) is 14.4. The smallest absolute Gasteiger partial charge is 0.222 e. The van der Waals surface area contributed by atoms with E-state index in [2.05, 4.69) is 0 Å². The summed E-state index contributed by atoms with van der Waals surface area (Å²) in [6.45, 7) is 2.45. The van der Waals surface area contributed by atoms with Crippen LogP contribution in [0.4, 0.5) is 0 Å². The highest BCUT2D eigenvalue weighted by Gasteiger charge is 2.15. The summed E-state index contributed by atoms with van der Waals surface area (Å²) in [5.41, 5.74) is 6.75. The van der Waals surface area contributed by atoms with E-state index in [1.807, 2.05) is 32.4 Å². The second kappa shape index (κ2) is 10.6. The first-order chi connectivity index (χ1) is 10.4. The molecule has 0 saturated carbocycles. The van der Waals surface area contributed by atoms with Crippen molar-refractivity contribution in [3.05, 3.63) is 17.7 Å². The molecule has 0 saturated heterocycles. The molecule has 1 aromatic rings. The first-order valence-corrected chi connectivity index (χ1v) is 8.43. The van der Waals surface area contributed by atoms with Gasteiger partial charge in [-0.2, -0.15) is 0 Å². The fourth-order valence-electron chi connectivity index (χ4n) is 2.10. The summed E-state index contributed by atoms with van der Waals surface area (Å²) in [6, 6.07) is 3.92. The molecule has 5 nitrogen and oxygen atoms in total. The van der Waals surface area contributed by atoms with Gasteiger partial charge in [0.2, 0.25) is 5.91 Å². The van der Waals surface area contributed by atoms with Gasteiger partial charge in [-0.25, -0.2) is 0 Å². The van der Waals surface area contributed by atoms with Crippen LogP contribution < -0.4 is 15.2 Å². The summed E-state index contributed by atoms with van der Waals surface area (Å²) >= 11 is 1.62. The van der Waals surface area contributed by atoms with Crippen molar-refractivity contribution < 1.29 is 14.3 Å². The van der Waals surface area contributed by atoms with Crippen LogP contribution in [-0.4, -0.2) is 44.4 Å². The molecular formula is C16H27ClN2O3S. The van der Waals surface area contributed by atoms with Crippen LogP contribution in [0.5, 0.6) is 11.5 Å². The molecule has 0 heterocycles. The maximum atomic E-state index is 12.1. The van der Waals surface area contributed by atoms with Crippen molar-refractivity contribution in [1.29, 1.82) is 0 Å². The van der Waals surface area contributed by atoms with Crippen molar-refractivity contribution in [2.75, 3.05) is 27.5 Å². The highest BCUT2D eigenvalue weighted by Crippen LogP contribution is 2.35. The molecule has 1 aromatic carbocycles. The highest BCUT2D eigenvalue weighted by molar-refractivity contribution is 7.98. The predicted molar refractivity (Wildman–Crippen MR) is 97.9 cm³/mol. The van der Waals surface area contributed by atoms with Gasteiger partial charge < -0.3 is 20.1 Å². The van der Waals surface area contributed by atoms with E-state index in [1.54, 1.807) is 30.9 Å². The normalized spacial score (nSPS) is 11.4. The fraction of sp³-hybridized carbons (Fsp3) is 0.562. The topological polar surface area (TPSA) is 64.8 Å². The Bertz CT molecular complexity index is 512. The third-order valence-corrected chi connectivity index (χ3v) is 4.25. The molecule has 23 heavy (non-hydrogen) atoms. The Morgan fingerprint density at radius 2 is 1.87 bits per heavy atom. The number of nitrogens with two attached hydrogens (primary N) is 1. The van der Waals surface area contributed by atoms with Gasteiger partial charge in [-0.3, -0.25) is 4.79 Å².